The molecule has 0 aliphatic rings. The van der Waals surface area contributed by atoms with Gasteiger partial charge in [-0.2, -0.15) is 0 Å². The van der Waals surface area contributed by atoms with E-state index in [9.17, 15) is 4.79 Å². The van der Waals surface area contributed by atoms with Crippen LogP contribution in [-0.2, 0) is 4.79 Å². The second kappa shape index (κ2) is 5.11. The van der Waals surface area contributed by atoms with E-state index in [1.807, 2.05) is 5.38 Å². The summed E-state index contributed by atoms with van der Waals surface area (Å²) in [4.78, 5) is 11.8. The summed E-state index contributed by atoms with van der Waals surface area (Å²) in [5.74, 6) is 6.54. The van der Waals surface area contributed by atoms with E-state index in [4.69, 9.17) is 0 Å². The van der Waals surface area contributed by atoms with E-state index in [-0.39, 0.29) is 5.12 Å². The van der Waals surface area contributed by atoms with Crippen molar-refractivity contribution in [1.82, 2.24) is 0 Å². The third-order valence-corrected chi connectivity index (χ3v) is 2.87. The zero-order valence-corrected chi connectivity index (χ0v) is 9.22. The highest BCUT2D eigenvalue weighted by Gasteiger charge is 1.91. The molecule has 0 bridgehead atoms. The molecule has 0 aliphatic carbocycles. The van der Waals surface area contributed by atoms with E-state index >= 15 is 0 Å². The predicted molar refractivity (Wildman–Crippen MR) is 59.1 cm³/mol. The Labute approximate surface area is 86.5 Å². The highest BCUT2D eigenvalue weighted by Crippen LogP contribution is 2.11. The Hall–Kier alpha value is -0.720. The molecule has 1 heterocycles. The average molecular weight is 210 g/mol. The summed E-state index contributed by atoms with van der Waals surface area (Å²) in [6.45, 7) is 3.61. The number of thioether (sulfide) groups is 1. The van der Waals surface area contributed by atoms with E-state index in [1.165, 1.54) is 16.6 Å². The molecule has 0 fully saturated rings. The van der Waals surface area contributed by atoms with Crippen molar-refractivity contribution in [3.8, 4) is 11.8 Å². The highest BCUT2D eigenvalue weighted by molar-refractivity contribution is 8.13. The smallest absolute Gasteiger partial charge is 0.186 e. The van der Waals surface area contributed by atoms with Gasteiger partial charge in [-0.3, -0.25) is 4.79 Å². The fourth-order valence-corrected chi connectivity index (χ4v) is 1.77. The maximum atomic E-state index is 10.6. The molecule has 0 unspecified atom stereocenters. The molecule has 3 heteroatoms. The van der Waals surface area contributed by atoms with Gasteiger partial charge in [0.25, 0.3) is 0 Å². The summed E-state index contributed by atoms with van der Waals surface area (Å²) in [6.07, 6.45) is 0. The molecule has 1 aromatic rings. The van der Waals surface area contributed by atoms with Crippen LogP contribution in [0.2, 0.25) is 0 Å². The second-order valence-electron chi connectivity index (χ2n) is 2.53. The minimum Gasteiger partial charge on any atom is -0.288 e. The van der Waals surface area contributed by atoms with Gasteiger partial charge in [-0.1, -0.05) is 23.6 Å². The van der Waals surface area contributed by atoms with Crippen LogP contribution in [0.25, 0.3) is 0 Å². The van der Waals surface area contributed by atoms with Gasteiger partial charge in [0.2, 0.25) is 0 Å². The first-order valence-electron chi connectivity index (χ1n) is 3.86. The third kappa shape index (κ3) is 4.16. The molecular formula is C10H10OS2. The molecule has 0 aromatic carbocycles. The summed E-state index contributed by atoms with van der Waals surface area (Å²) in [6, 6.07) is 2.05. The molecule has 13 heavy (non-hydrogen) atoms. The average Bonchev–Trinajstić information content (AvgIpc) is 2.45. The van der Waals surface area contributed by atoms with E-state index < -0.39 is 0 Å². The fraction of sp³-hybridized carbons (Fsp3) is 0.300. The normalized spacial score (nSPS) is 9.08. The van der Waals surface area contributed by atoms with E-state index in [0.717, 1.165) is 5.56 Å². The summed E-state index contributed by atoms with van der Waals surface area (Å²) in [5, 5.41) is 2.15. The number of carbonyl (C=O) groups is 1. The van der Waals surface area contributed by atoms with Gasteiger partial charge in [-0.25, -0.2) is 0 Å². The van der Waals surface area contributed by atoms with E-state index in [1.54, 1.807) is 18.3 Å². The Morgan fingerprint density at radius 3 is 3.00 bits per heavy atom. The molecule has 0 radical (unpaired) electrons. The van der Waals surface area contributed by atoms with Crippen molar-refractivity contribution in [3.63, 3.8) is 0 Å². The topological polar surface area (TPSA) is 17.1 Å². The lowest BCUT2D eigenvalue weighted by Crippen LogP contribution is -1.81. The lowest BCUT2D eigenvalue weighted by Gasteiger charge is -1.83. The molecule has 1 nitrogen and oxygen atoms in total. The summed E-state index contributed by atoms with van der Waals surface area (Å²) in [5.41, 5.74) is 1.05. The molecule has 0 atom stereocenters. The number of hydrogen-bond donors (Lipinski definition) is 0. The molecule has 0 amide bonds. The lowest BCUT2D eigenvalue weighted by molar-refractivity contribution is -0.109. The lowest BCUT2D eigenvalue weighted by atomic mass is 10.3. The van der Waals surface area contributed by atoms with Gasteiger partial charge in [0.05, 0.1) is 5.75 Å². The van der Waals surface area contributed by atoms with Gasteiger partial charge < -0.3 is 0 Å². The van der Waals surface area contributed by atoms with E-state index in [0.29, 0.717) is 5.75 Å². The van der Waals surface area contributed by atoms with Crippen LogP contribution in [0.5, 0.6) is 0 Å². The van der Waals surface area contributed by atoms with Crippen LogP contribution in [0.15, 0.2) is 11.4 Å². The Bertz CT molecular complexity index is 354. The zero-order valence-electron chi connectivity index (χ0n) is 7.59. The summed E-state index contributed by atoms with van der Waals surface area (Å²) >= 11 is 2.94. The van der Waals surface area contributed by atoms with Gasteiger partial charge >= 0.3 is 0 Å². The highest BCUT2D eigenvalue weighted by atomic mass is 32.2. The van der Waals surface area contributed by atoms with Gasteiger partial charge in [0.15, 0.2) is 5.12 Å². The molecular weight excluding hydrogens is 200 g/mol. The first-order valence-corrected chi connectivity index (χ1v) is 5.72. The van der Waals surface area contributed by atoms with Crippen molar-refractivity contribution in [3.05, 3.63) is 21.9 Å². The fourth-order valence-electron chi connectivity index (χ4n) is 0.785. The Morgan fingerprint density at radius 1 is 1.69 bits per heavy atom. The standard InChI is InChI=1S/C10H10OS2/c1-8-6-10(7-13-8)4-3-5-12-9(2)11/h6-7H,5H2,1-2H3. The first-order chi connectivity index (χ1) is 6.18. The Morgan fingerprint density at radius 2 is 2.46 bits per heavy atom. The first kappa shape index (κ1) is 10.4. The maximum Gasteiger partial charge on any atom is 0.186 e. The molecule has 0 saturated heterocycles. The van der Waals surface area contributed by atoms with Crippen molar-refractivity contribution < 1.29 is 4.79 Å². The van der Waals surface area contributed by atoms with Gasteiger partial charge in [0.1, 0.15) is 0 Å². The quantitative estimate of drug-likeness (QED) is 0.663. The van der Waals surface area contributed by atoms with Crippen molar-refractivity contribution in [2.75, 3.05) is 5.75 Å². The Kier molecular flexibility index (Phi) is 4.07. The van der Waals surface area contributed by atoms with E-state index in [2.05, 4.69) is 24.8 Å². The third-order valence-electron chi connectivity index (χ3n) is 1.31. The monoisotopic (exact) mass is 210 g/mol. The minimum absolute atomic E-state index is 0.121. The number of hydrogen-bond acceptors (Lipinski definition) is 3. The van der Waals surface area contributed by atoms with Crippen molar-refractivity contribution in [1.29, 1.82) is 0 Å². The predicted octanol–water partition coefficient (Wildman–Crippen LogP) is 2.69. The van der Waals surface area contributed by atoms with Crippen LogP contribution in [0, 0.1) is 18.8 Å². The summed E-state index contributed by atoms with van der Waals surface area (Å²) in [7, 11) is 0. The molecule has 1 aromatic heterocycles. The van der Waals surface area contributed by atoms with Crippen LogP contribution in [0.3, 0.4) is 0 Å². The van der Waals surface area contributed by atoms with Crippen LogP contribution in [0.4, 0.5) is 0 Å². The van der Waals surface area contributed by atoms with Gasteiger partial charge in [-0.15, -0.1) is 11.3 Å². The second-order valence-corrected chi connectivity index (χ2v) is 4.80. The summed E-state index contributed by atoms with van der Waals surface area (Å²) < 4.78 is 0. The number of rotatable bonds is 1. The number of aryl methyl sites for hydroxylation is 1. The molecule has 0 aliphatic heterocycles. The van der Waals surface area contributed by atoms with Crippen LogP contribution in [0.1, 0.15) is 17.4 Å². The molecule has 0 saturated carbocycles. The van der Waals surface area contributed by atoms with Crippen molar-refractivity contribution >= 4 is 28.2 Å². The van der Waals surface area contributed by atoms with Gasteiger partial charge in [0, 0.05) is 22.7 Å². The largest absolute Gasteiger partial charge is 0.288 e. The maximum absolute atomic E-state index is 10.6. The molecule has 68 valence electrons. The number of carbonyl (C=O) groups excluding carboxylic acids is 1. The molecule has 0 N–H and O–H groups in total. The molecule has 0 spiro atoms. The van der Waals surface area contributed by atoms with Crippen molar-refractivity contribution in [2.24, 2.45) is 0 Å². The molecule has 1 rings (SSSR count). The van der Waals surface area contributed by atoms with Crippen LogP contribution < -0.4 is 0 Å². The minimum atomic E-state index is 0.121. The van der Waals surface area contributed by atoms with Gasteiger partial charge in [-0.05, 0) is 13.0 Å². The van der Waals surface area contributed by atoms with Crippen molar-refractivity contribution in [2.45, 2.75) is 13.8 Å². The van der Waals surface area contributed by atoms with Crippen LogP contribution >= 0.6 is 23.1 Å². The van der Waals surface area contributed by atoms with Crippen LogP contribution in [-0.4, -0.2) is 10.9 Å². The Balaban J connectivity index is 2.44. The SMILES string of the molecule is CC(=O)SCC#Cc1csc(C)c1. The zero-order chi connectivity index (χ0) is 9.68. The number of thiophene rings is 1.